The predicted molar refractivity (Wildman–Crippen MR) is 92.8 cm³/mol. The van der Waals surface area contributed by atoms with Gasteiger partial charge in [-0.05, 0) is 48.9 Å². The molecule has 1 aliphatic heterocycles. The Hall–Kier alpha value is -2.96. The van der Waals surface area contributed by atoms with Gasteiger partial charge in [-0.2, -0.15) is 0 Å². The number of piperazine rings is 1. The molecule has 0 spiro atoms. The quantitative estimate of drug-likeness (QED) is 0.846. The Morgan fingerprint density at radius 1 is 1.08 bits per heavy atom. The van der Waals surface area contributed by atoms with Crippen molar-refractivity contribution in [1.29, 1.82) is 0 Å². The molecule has 1 fully saturated rings. The third-order valence-corrected chi connectivity index (χ3v) is 4.11. The van der Waals surface area contributed by atoms with Gasteiger partial charge in [0.25, 0.3) is 0 Å². The lowest BCUT2D eigenvalue weighted by Crippen LogP contribution is -2.51. The number of pyridine rings is 1. The minimum Gasteiger partial charge on any atom is -0.368 e. The van der Waals surface area contributed by atoms with Gasteiger partial charge in [0, 0.05) is 38.1 Å². The Balaban J connectivity index is 1.55. The maximum absolute atomic E-state index is 13.0. The number of carbonyl (C=O) groups excluding carboxylic acids is 2. The van der Waals surface area contributed by atoms with Gasteiger partial charge >= 0.3 is 11.8 Å². The molecule has 2 aromatic rings. The highest BCUT2D eigenvalue weighted by Crippen LogP contribution is 2.17. The molecule has 1 N–H and O–H groups in total. The summed E-state index contributed by atoms with van der Waals surface area (Å²) >= 11 is 0. The minimum atomic E-state index is -0.687. The summed E-state index contributed by atoms with van der Waals surface area (Å²) in [5.74, 6) is -1.17. The maximum Gasteiger partial charge on any atom is 0.315 e. The molecule has 0 saturated carbocycles. The van der Waals surface area contributed by atoms with Crippen molar-refractivity contribution in [2.45, 2.75) is 6.92 Å². The zero-order valence-electron chi connectivity index (χ0n) is 13.9. The van der Waals surface area contributed by atoms with Crippen LogP contribution in [0.4, 0.5) is 15.9 Å². The van der Waals surface area contributed by atoms with E-state index in [1.165, 1.54) is 17.0 Å². The Labute approximate surface area is 145 Å². The van der Waals surface area contributed by atoms with Crippen LogP contribution in [0.25, 0.3) is 0 Å². The van der Waals surface area contributed by atoms with Gasteiger partial charge in [0.05, 0.1) is 0 Å². The first-order valence-corrected chi connectivity index (χ1v) is 8.06. The molecule has 2 amide bonds. The molecule has 0 radical (unpaired) electrons. The van der Waals surface area contributed by atoms with Crippen LogP contribution in [0.5, 0.6) is 0 Å². The Bertz CT molecular complexity index is 771. The predicted octanol–water partition coefficient (Wildman–Crippen LogP) is 1.82. The zero-order chi connectivity index (χ0) is 17.8. The summed E-state index contributed by atoms with van der Waals surface area (Å²) in [7, 11) is 0. The number of hydrogen-bond acceptors (Lipinski definition) is 4. The molecule has 3 rings (SSSR count). The van der Waals surface area contributed by atoms with Crippen molar-refractivity contribution < 1.29 is 14.0 Å². The lowest BCUT2D eigenvalue weighted by molar-refractivity contribution is -0.143. The van der Waals surface area contributed by atoms with Crippen LogP contribution in [0.1, 0.15) is 5.56 Å². The molecule has 1 saturated heterocycles. The van der Waals surface area contributed by atoms with E-state index in [9.17, 15) is 14.0 Å². The van der Waals surface area contributed by atoms with Gasteiger partial charge in [-0.3, -0.25) is 9.59 Å². The van der Waals surface area contributed by atoms with E-state index in [0.717, 1.165) is 11.3 Å². The number of nitrogens with zero attached hydrogens (tertiary/aromatic N) is 3. The van der Waals surface area contributed by atoms with Gasteiger partial charge in [0.2, 0.25) is 0 Å². The monoisotopic (exact) mass is 342 g/mol. The van der Waals surface area contributed by atoms with Crippen molar-refractivity contribution in [3.63, 3.8) is 0 Å². The highest BCUT2D eigenvalue weighted by Gasteiger charge is 2.26. The number of nitrogens with one attached hydrogen (secondary N) is 1. The van der Waals surface area contributed by atoms with E-state index in [2.05, 4.69) is 15.2 Å². The number of amides is 2. The molecule has 25 heavy (non-hydrogen) atoms. The number of halogens is 1. The zero-order valence-corrected chi connectivity index (χ0v) is 13.9. The largest absolute Gasteiger partial charge is 0.368 e. The fraction of sp³-hybridized carbons (Fsp3) is 0.278. The number of aryl methyl sites for hydroxylation is 1. The summed E-state index contributed by atoms with van der Waals surface area (Å²) in [6.45, 7) is 3.93. The summed E-state index contributed by atoms with van der Waals surface area (Å²) in [6, 6.07) is 9.76. The van der Waals surface area contributed by atoms with Crippen molar-refractivity contribution in [2.75, 3.05) is 36.4 Å². The van der Waals surface area contributed by atoms with Crippen molar-refractivity contribution in [3.05, 3.63) is 54.0 Å². The summed E-state index contributed by atoms with van der Waals surface area (Å²) in [4.78, 5) is 32.0. The molecule has 130 valence electrons. The van der Waals surface area contributed by atoms with E-state index < -0.39 is 11.8 Å². The van der Waals surface area contributed by atoms with Gasteiger partial charge in [0.1, 0.15) is 11.6 Å². The van der Waals surface area contributed by atoms with Crippen LogP contribution < -0.4 is 10.2 Å². The molecule has 6 nitrogen and oxygen atoms in total. The average molecular weight is 342 g/mol. The molecule has 0 bridgehead atoms. The second-order valence-corrected chi connectivity index (χ2v) is 5.93. The third-order valence-electron chi connectivity index (χ3n) is 4.11. The fourth-order valence-electron chi connectivity index (χ4n) is 2.74. The number of carbonyl (C=O) groups is 2. The molecule has 7 heteroatoms. The number of rotatable bonds is 2. The lowest BCUT2D eigenvalue weighted by atomic mass is 10.2. The minimum absolute atomic E-state index is 0.279. The number of hydrogen-bond donors (Lipinski definition) is 1. The van der Waals surface area contributed by atoms with Crippen molar-refractivity contribution in [1.82, 2.24) is 9.88 Å². The van der Waals surface area contributed by atoms with E-state index in [1.807, 2.05) is 13.0 Å². The average Bonchev–Trinajstić information content (AvgIpc) is 2.62. The van der Waals surface area contributed by atoms with Gasteiger partial charge < -0.3 is 15.1 Å². The van der Waals surface area contributed by atoms with Crippen molar-refractivity contribution in [2.24, 2.45) is 0 Å². The van der Waals surface area contributed by atoms with Gasteiger partial charge in [-0.1, -0.05) is 0 Å². The van der Waals surface area contributed by atoms with Crippen LogP contribution in [-0.4, -0.2) is 47.9 Å². The maximum atomic E-state index is 13.0. The first-order valence-electron chi connectivity index (χ1n) is 8.06. The SMILES string of the molecule is Cc1ccnc(NC(=O)C(=O)N2CCN(c3ccc(F)cc3)CC2)c1. The number of benzene rings is 1. The molecule has 0 atom stereocenters. The van der Waals surface area contributed by atoms with Gasteiger partial charge in [-0.25, -0.2) is 9.37 Å². The van der Waals surface area contributed by atoms with Gasteiger partial charge in [0.15, 0.2) is 0 Å². The Morgan fingerprint density at radius 2 is 1.76 bits per heavy atom. The highest BCUT2D eigenvalue weighted by molar-refractivity contribution is 6.39. The molecule has 1 aromatic carbocycles. The van der Waals surface area contributed by atoms with Crippen LogP contribution in [0, 0.1) is 12.7 Å². The van der Waals surface area contributed by atoms with Crippen molar-refractivity contribution in [3.8, 4) is 0 Å². The van der Waals surface area contributed by atoms with E-state index in [-0.39, 0.29) is 5.82 Å². The smallest absolute Gasteiger partial charge is 0.315 e. The second kappa shape index (κ2) is 7.29. The van der Waals surface area contributed by atoms with E-state index in [1.54, 1.807) is 24.4 Å². The van der Waals surface area contributed by atoms with Crippen LogP contribution >= 0.6 is 0 Å². The molecule has 2 heterocycles. The number of aromatic nitrogens is 1. The summed E-state index contributed by atoms with van der Waals surface area (Å²) in [6.07, 6.45) is 1.58. The van der Waals surface area contributed by atoms with Crippen LogP contribution in [-0.2, 0) is 9.59 Å². The molecule has 1 aromatic heterocycles. The molecule has 1 aliphatic rings. The van der Waals surface area contributed by atoms with E-state index in [4.69, 9.17) is 0 Å². The Morgan fingerprint density at radius 3 is 2.40 bits per heavy atom. The summed E-state index contributed by atoms with van der Waals surface area (Å²) in [5.41, 5.74) is 1.85. The van der Waals surface area contributed by atoms with E-state index >= 15 is 0 Å². The van der Waals surface area contributed by atoms with Gasteiger partial charge in [-0.15, -0.1) is 0 Å². The van der Waals surface area contributed by atoms with Crippen molar-refractivity contribution >= 4 is 23.3 Å². The molecular formula is C18H19FN4O2. The molecule has 0 aliphatic carbocycles. The molecular weight excluding hydrogens is 323 g/mol. The normalized spacial score (nSPS) is 14.3. The summed E-state index contributed by atoms with van der Waals surface area (Å²) < 4.78 is 13.0. The Kier molecular flexibility index (Phi) is 4.92. The fourth-order valence-corrected chi connectivity index (χ4v) is 2.74. The lowest BCUT2D eigenvalue weighted by Gasteiger charge is -2.35. The first-order chi connectivity index (χ1) is 12.0. The first kappa shape index (κ1) is 16.9. The van der Waals surface area contributed by atoms with E-state index in [0.29, 0.717) is 32.0 Å². The standard InChI is InChI=1S/C18H19FN4O2/c1-13-6-7-20-16(12-13)21-17(24)18(25)23-10-8-22(9-11-23)15-4-2-14(19)3-5-15/h2-7,12H,8-11H2,1H3,(H,20,21,24). The number of anilines is 2. The topological polar surface area (TPSA) is 65.5 Å². The summed E-state index contributed by atoms with van der Waals surface area (Å²) in [5, 5.41) is 2.53. The van der Waals surface area contributed by atoms with Crippen LogP contribution in [0.15, 0.2) is 42.6 Å². The highest BCUT2D eigenvalue weighted by atomic mass is 19.1. The third kappa shape index (κ3) is 4.12. The second-order valence-electron chi connectivity index (χ2n) is 5.93. The molecule has 0 unspecified atom stereocenters. The van der Waals surface area contributed by atoms with Crippen LogP contribution in [0.3, 0.4) is 0 Å². The van der Waals surface area contributed by atoms with Crippen LogP contribution in [0.2, 0.25) is 0 Å².